The van der Waals surface area contributed by atoms with Crippen LogP contribution >= 0.6 is 0 Å². The van der Waals surface area contributed by atoms with Gasteiger partial charge in [-0.1, -0.05) is 60.2 Å². The number of benzene rings is 4. The minimum atomic E-state index is -3.95. The second-order valence-electron chi connectivity index (χ2n) is 11.4. The largest absolute Gasteiger partial charge is 0.497 e. The number of sulfonamides is 1. The molecule has 9 heteroatoms. The maximum atomic E-state index is 13.8. The summed E-state index contributed by atoms with van der Waals surface area (Å²) in [7, 11) is -2.32. The van der Waals surface area contributed by atoms with Gasteiger partial charge in [-0.3, -0.25) is 4.31 Å². The number of nitrogens with one attached hydrogen (secondary N) is 1. The molecule has 0 bridgehead atoms. The summed E-state index contributed by atoms with van der Waals surface area (Å²) in [5, 5.41) is 24.0. The molecule has 0 saturated heterocycles. The molecule has 0 heterocycles. The highest BCUT2D eigenvalue weighted by Crippen LogP contribution is 2.31. The van der Waals surface area contributed by atoms with E-state index in [2.05, 4.69) is 25.2 Å². The van der Waals surface area contributed by atoms with Crippen molar-refractivity contribution in [1.29, 1.82) is 5.26 Å². The molecule has 0 aromatic heterocycles. The Hall–Kier alpha value is -4.36. The Kier molecular flexibility index (Phi) is 10.7. The molecule has 8 nitrogen and oxygen atoms in total. The van der Waals surface area contributed by atoms with Crippen molar-refractivity contribution in [1.82, 2.24) is 5.32 Å². The minimum Gasteiger partial charge on any atom is -0.497 e. The molecule has 4 aromatic rings. The molecule has 0 fully saturated rings. The first-order chi connectivity index (χ1) is 21.0. The lowest BCUT2D eigenvalue weighted by Gasteiger charge is -2.28. The highest BCUT2D eigenvalue weighted by molar-refractivity contribution is 7.92. The van der Waals surface area contributed by atoms with Crippen molar-refractivity contribution in [3.05, 3.63) is 119 Å². The molecule has 0 spiro atoms. The molecule has 0 aliphatic heterocycles. The number of ether oxygens (including phenoxy) is 2. The summed E-state index contributed by atoms with van der Waals surface area (Å²) in [6, 6.07) is 30.6. The lowest BCUT2D eigenvalue weighted by atomic mass is 9.94. The Morgan fingerprint density at radius 1 is 0.955 bits per heavy atom. The third-order valence-corrected chi connectivity index (χ3v) is 8.99. The second-order valence-corrected chi connectivity index (χ2v) is 13.2. The zero-order valence-corrected chi connectivity index (χ0v) is 26.3. The van der Waals surface area contributed by atoms with Crippen molar-refractivity contribution in [2.45, 2.75) is 50.3 Å². The molecule has 0 aliphatic carbocycles. The fourth-order valence-electron chi connectivity index (χ4n) is 4.74. The Morgan fingerprint density at radius 2 is 1.64 bits per heavy atom. The fraction of sp³-hybridized carbons (Fsp3) is 0.286. The molecule has 0 aliphatic rings. The smallest absolute Gasteiger partial charge is 0.264 e. The topological polar surface area (TPSA) is 112 Å². The number of hydrogen-bond acceptors (Lipinski definition) is 7. The standard InChI is InChI=1S/C35H39N3O5S/c1-26-10-17-33(18-11-26)44(40,41)38(24-28-8-6-5-7-9-28)30-14-19-34(29(20-30)22-36)43-25-31(39)23-37-35(2,3)21-27-12-15-32(42-4)16-13-27/h5-20,31,37,39H,21,23-25H2,1-4H3. The molecule has 4 aromatic carbocycles. The number of aliphatic hydroxyl groups is 1. The van der Waals surface area contributed by atoms with Gasteiger partial charge in [-0.15, -0.1) is 0 Å². The van der Waals surface area contributed by atoms with Gasteiger partial charge in [0.25, 0.3) is 10.0 Å². The zero-order chi connectivity index (χ0) is 31.7. The lowest BCUT2D eigenvalue weighted by Crippen LogP contribution is -2.46. The first-order valence-corrected chi connectivity index (χ1v) is 15.8. The summed E-state index contributed by atoms with van der Waals surface area (Å²) in [5.41, 5.74) is 3.09. The average Bonchev–Trinajstić information content (AvgIpc) is 3.02. The van der Waals surface area contributed by atoms with Crippen molar-refractivity contribution in [2.24, 2.45) is 0 Å². The molecular formula is C35H39N3O5S. The van der Waals surface area contributed by atoms with E-state index in [9.17, 15) is 18.8 Å². The van der Waals surface area contributed by atoms with E-state index in [4.69, 9.17) is 9.47 Å². The van der Waals surface area contributed by atoms with Crippen molar-refractivity contribution >= 4 is 15.7 Å². The van der Waals surface area contributed by atoms with Crippen LogP contribution in [-0.4, -0.2) is 45.4 Å². The highest BCUT2D eigenvalue weighted by Gasteiger charge is 2.26. The van der Waals surface area contributed by atoms with Gasteiger partial charge in [-0.2, -0.15) is 5.26 Å². The number of aryl methyl sites for hydroxylation is 1. The number of nitriles is 1. The monoisotopic (exact) mass is 613 g/mol. The van der Waals surface area contributed by atoms with Gasteiger partial charge in [0, 0.05) is 12.1 Å². The third-order valence-electron chi connectivity index (χ3n) is 7.20. The van der Waals surface area contributed by atoms with Gasteiger partial charge < -0.3 is 19.9 Å². The SMILES string of the molecule is COc1ccc(CC(C)(C)NCC(O)COc2ccc(N(Cc3ccccc3)S(=O)(=O)c3ccc(C)cc3)cc2C#N)cc1. The van der Waals surface area contributed by atoms with Crippen LogP contribution < -0.4 is 19.1 Å². The van der Waals surface area contributed by atoms with Crippen molar-refractivity contribution < 1.29 is 23.0 Å². The van der Waals surface area contributed by atoms with E-state index < -0.39 is 16.1 Å². The summed E-state index contributed by atoms with van der Waals surface area (Å²) < 4.78 is 40.0. The molecule has 1 unspecified atom stereocenters. The summed E-state index contributed by atoms with van der Waals surface area (Å²) in [6.45, 7) is 6.33. The quantitative estimate of drug-likeness (QED) is 0.190. The van der Waals surface area contributed by atoms with Gasteiger partial charge in [0.2, 0.25) is 0 Å². The highest BCUT2D eigenvalue weighted by atomic mass is 32.2. The number of β-amino-alcohol motifs (C(OH)–C–C–N with tert-alkyl or cyclic N) is 1. The van der Waals surface area contributed by atoms with Crippen molar-refractivity contribution in [3.63, 3.8) is 0 Å². The Bertz CT molecular complexity index is 1670. The Labute approximate surface area is 260 Å². The van der Waals surface area contributed by atoms with Crippen LogP contribution in [0.15, 0.2) is 102 Å². The van der Waals surface area contributed by atoms with E-state index >= 15 is 0 Å². The molecule has 44 heavy (non-hydrogen) atoms. The van der Waals surface area contributed by atoms with Crippen LogP contribution in [0.2, 0.25) is 0 Å². The third kappa shape index (κ3) is 8.60. The number of rotatable bonds is 14. The van der Waals surface area contributed by atoms with Crippen LogP contribution in [0.5, 0.6) is 11.5 Å². The predicted octanol–water partition coefficient (Wildman–Crippen LogP) is 5.62. The minimum absolute atomic E-state index is 0.0466. The van der Waals surface area contributed by atoms with Crippen LogP contribution in [0.25, 0.3) is 0 Å². The molecule has 0 radical (unpaired) electrons. The fourth-order valence-corrected chi connectivity index (χ4v) is 6.19. The Morgan fingerprint density at radius 3 is 2.27 bits per heavy atom. The van der Waals surface area contributed by atoms with Crippen molar-refractivity contribution in [3.8, 4) is 17.6 Å². The van der Waals surface area contributed by atoms with Gasteiger partial charge in [-0.05, 0) is 80.8 Å². The van der Waals surface area contributed by atoms with E-state index in [1.54, 1.807) is 43.5 Å². The van der Waals surface area contributed by atoms with E-state index in [1.165, 1.54) is 10.4 Å². The molecule has 1 atom stereocenters. The number of anilines is 1. The number of aliphatic hydroxyl groups excluding tert-OH is 1. The number of hydrogen-bond donors (Lipinski definition) is 2. The Balaban J connectivity index is 1.46. The van der Waals surface area contributed by atoms with Gasteiger partial charge in [0.15, 0.2) is 0 Å². The number of nitrogens with zero attached hydrogens (tertiary/aromatic N) is 2. The van der Waals surface area contributed by atoms with Crippen LogP contribution in [0.3, 0.4) is 0 Å². The summed E-state index contributed by atoms with van der Waals surface area (Å²) in [5.74, 6) is 1.06. The van der Waals surface area contributed by atoms with Crippen molar-refractivity contribution in [2.75, 3.05) is 24.6 Å². The van der Waals surface area contributed by atoms with Gasteiger partial charge in [-0.25, -0.2) is 8.42 Å². The second kappa shape index (κ2) is 14.4. The van der Waals surface area contributed by atoms with E-state index in [0.29, 0.717) is 5.69 Å². The van der Waals surface area contributed by atoms with Crippen LogP contribution in [-0.2, 0) is 23.0 Å². The molecule has 0 amide bonds. The summed E-state index contributed by atoms with van der Waals surface area (Å²) >= 11 is 0. The molecule has 4 rings (SSSR count). The maximum absolute atomic E-state index is 13.8. The summed E-state index contributed by atoms with van der Waals surface area (Å²) in [6.07, 6.45) is -0.0943. The first kappa shape index (κ1) is 32.6. The summed E-state index contributed by atoms with van der Waals surface area (Å²) in [4.78, 5) is 0.156. The van der Waals surface area contributed by atoms with E-state index in [0.717, 1.165) is 28.9 Å². The average molecular weight is 614 g/mol. The van der Waals surface area contributed by atoms with Gasteiger partial charge in [0.05, 0.1) is 29.8 Å². The van der Waals surface area contributed by atoms with Crippen LogP contribution in [0.1, 0.15) is 36.1 Å². The normalized spacial score (nSPS) is 12.3. The zero-order valence-electron chi connectivity index (χ0n) is 25.5. The predicted molar refractivity (Wildman–Crippen MR) is 172 cm³/mol. The molecule has 2 N–H and O–H groups in total. The molecule has 0 saturated carbocycles. The van der Waals surface area contributed by atoms with E-state index in [-0.39, 0.29) is 41.4 Å². The lowest BCUT2D eigenvalue weighted by molar-refractivity contribution is 0.0987. The molecule has 230 valence electrons. The number of methoxy groups -OCH3 is 1. The van der Waals surface area contributed by atoms with Gasteiger partial charge in [0.1, 0.15) is 30.3 Å². The van der Waals surface area contributed by atoms with Crippen LogP contribution in [0.4, 0.5) is 5.69 Å². The van der Waals surface area contributed by atoms with Crippen LogP contribution in [0, 0.1) is 18.3 Å². The molecular weight excluding hydrogens is 574 g/mol. The first-order valence-electron chi connectivity index (χ1n) is 14.4. The van der Waals surface area contributed by atoms with Gasteiger partial charge >= 0.3 is 0 Å². The maximum Gasteiger partial charge on any atom is 0.264 e. The van der Waals surface area contributed by atoms with E-state index in [1.807, 2.05) is 61.5 Å².